The third-order valence-corrected chi connectivity index (χ3v) is 9.48. The van der Waals surface area contributed by atoms with Crippen molar-refractivity contribution in [2.75, 3.05) is 34.0 Å². The number of hydrogen-bond donors (Lipinski definition) is 5. The van der Waals surface area contributed by atoms with Crippen molar-refractivity contribution in [3.8, 4) is 33.6 Å². The summed E-state index contributed by atoms with van der Waals surface area (Å²) in [6.45, 7) is 7.41. The number of H-pyrrole nitrogens is 2. The van der Waals surface area contributed by atoms with Gasteiger partial charge in [0.05, 0.1) is 57.2 Å². The van der Waals surface area contributed by atoms with Crippen molar-refractivity contribution < 1.29 is 33.4 Å². The van der Waals surface area contributed by atoms with Crippen molar-refractivity contribution in [3.63, 3.8) is 0 Å². The fourth-order valence-electron chi connectivity index (χ4n) is 6.37. The van der Waals surface area contributed by atoms with E-state index in [9.17, 15) is 19.2 Å². The van der Waals surface area contributed by atoms with E-state index in [-0.39, 0.29) is 24.3 Å². The number of benzene rings is 2. The molecule has 0 aliphatic carbocycles. The Bertz CT molecular complexity index is 1940. The molecule has 4 aromatic rings. The molecule has 3 atom stereocenters. The van der Waals surface area contributed by atoms with Gasteiger partial charge in [-0.3, -0.25) is 9.59 Å². The second-order valence-corrected chi connectivity index (χ2v) is 13.9. The molecule has 2 aromatic carbocycles. The number of aromatic amines is 2. The minimum atomic E-state index is -0.761. The van der Waals surface area contributed by atoms with Crippen molar-refractivity contribution in [2.24, 2.45) is 5.92 Å². The number of amides is 4. The Morgan fingerprint density at radius 1 is 0.875 bits per heavy atom. The molecule has 3 heterocycles. The summed E-state index contributed by atoms with van der Waals surface area (Å²) in [6.07, 6.45) is 8.28. The van der Waals surface area contributed by atoms with Gasteiger partial charge >= 0.3 is 12.2 Å². The van der Waals surface area contributed by atoms with Crippen LogP contribution in [0.15, 0.2) is 73.1 Å². The molecule has 15 nitrogen and oxygen atoms in total. The van der Waals surface area contributed by atoms with Gasteiger partial charge in [-0.1, -0.05) is 81.5 Å². The molecule has 1 aliphatic heterocycles. The molecule has 2 aromatic heterocycles. The maximum Gasteiger partial charge on any atom is 0.407 e. The number of methoxy groups -OCH3 is 2. The van der Waals surface area contributed by atoms with E-state index in [1.54, 1.807) is 17.3 Å². The van der Waals surface area contributed by atoms with E-state index < -0.39 is 30.3 Å². The summed E-state index contributed by atoms with van der Waals surface area (Å²) >= 11 is 0. The number of ether oxygens (including phenoxy) is 3. The van der Waals surface area contributed by atoms with E-state index in [1.165, 1.54) is 14.2 Å². The van der Waals surface area contributed by atoms with Crippen LogP contribution in [0.25, 0.3) is 33.6 Å². The minimum absolute atomic E-state index is 0.125. The highest BCUT2D eigenvalue weighted by molar-refractivity contribution is 5.86. The maximum atomic E-state index is 13.4. The van der Waals surface area contributed by atoms with E-state index in [2.05, 4.69) is 35.9 Å². The quantitative estimate of drug-likeness (QED) is 0.109. The summed E-state index contributed by atoms with van der Waals surface area (Å²) in [5, 5.41) is 8.33. The van der Waals surface area contributed by atoms with Crippen molar-refractivity contribution in [3.05, 3.63) is 84.7 Å². The maximum absolute atomic E-state index is 13.4. The Hall–Kier alpha value is -5.96. The Labute approximate surface area is 327 Å². The van der Waals surface area contributed by atoms with Crippen LogP contribution in [0.1, 0.15) is 64.1 Å². The summed E-state index contributed by atoms with van der Waals surface area (Å²) in [4.78, 5) is 68.1. The van der Waals surface area contributed by atoms with Crippen LogP contribution in [-0.4, -0.2) is 94.9 Å². The number of allylic oxidation sites excluding steroid dienone is 1. The number of nitrogens with one attached hydrogen (secondary N) is 5. The molecular formula is C41H52N8O7. The summed E-state index contributed by atoms with van der Waals surface area (Å²) in [6, 6.07) is 14.3. The molecule has 5 rings (SSSR count). The highest BCUT2D eigenvalue weighted by Crippen LogP contribution is 2.28. The Morgan fingerprint density at radius 3 is 2.12 bits per heavy atom. The first-order valence-electron chi connectivity index (χ1n) is 18.9. The molecule has 0 spiro atoms. The van der Waals surface area contributed by atoms with Gasteiger partial charge in [-0.05, 0) is 53.9 Å². The summed E-state index contributed by atoms with van der Waals surface area (Å²) in [7, 11) is 2.54. The first-order chi connectivity index (χ1) is 27.1. The third-order valence-electron chi connectivity index (χ3n) is 9.48. The van der Waals surface area contributed by atoms with Crippen LogP contribution in [-0.2, 0) is 30.3 Å². The van der Waals surface area contributed by atoms with Gasteiger partial charge in [-0.25, -0.2) is 19.6 Å². The van der Waals surface area contributed by atoms with Crippen molar-refractivity contribution >= 4 is 24.0 Å². The lowest BCUT2D eigenvalue weighted by atomic mass is 10.0. The highest BCUT2D eigenvalue weighted by Gasteiger charge is 2.30. The largest absolute Gasteiger partial charge is 0.453 e. The predicted octanol–water partition coefficient (Wildman–Crippen LogP) is 5.89. The molecular weight excluding hydrogens is 716 g/mol. The van der Waals surface area contributed by atoms with Gasteiger partial charge in [0.2, 0.25) is 11.8 Å². The number of rotatable bonds is 12. The van der Waals surface area contributed by atoms with Crippen LogP contribution < -0.4 is 16.0 Å². The first kappa shape index (κ1) is 41.2. The monoisotopic (exact) mass is 768 g/mol. The molecule has 0 fully saturated rings. The van der Waals surface area contributed by atoms with E-state index in [0.717, 1.165) is 40.1 Å². The Balaban J connectivity index is 1.24. The van der Waals surface area contributed by atoms with Gasteiger partial charge in [-0.2, -0.15) is 0 Å². The van der Waals surface area contributed by atoms with Crippen molar-refractivity contribution in [2.45, 2.75) is 71.1 Å². The zero-order valence-corrected chi connectivity index (χ0v) is 32.6. The fourth-order valence-corrected chi connectivity index (χ4v) is 6.37. The standard InChI is InChI=1S/C41H52N8O7/c1-6-20-49(39(51)36(26(2)3)48-41(53)55-5)25-35-42-23-33(44-35)29-15-11-27(12-16-29)28-13-17-30(18-14-28)34-24-43-37(45-34)31-19-22-56-21-9-7-8-10-32(38(50)46-31)47-40(52)54-4/h7,9,11-18,23-24,26,31-32,36H,6,8,10,19-22,25H2,1-5H3,(H,42,44)(H,43,45)(H,46,50)(H,47,52)(H,48,53)/b9-7-. The summed E-state index contributed by atoms with van der Waals surface area (Å²) in [5.74, 6) is 0.587. The summed E-state index contributed by atoms with van der Waals surface area (Å²) < 4.78 is 15.2. The normalized spacial score (nSPS) is 17.4. The third kappa shape index (κ3) is 11.1. The van der Waals surface area contributed by atoms with E-state index in [0.29, 0.717) is 50.7 Å². The van der Waals surface area contributed by atoms with Crippen LogP contribution in [0, 0.1) is 5.92 Å². The van der Waals surface area contributed by atoms with Crippen molar-refractivity contribution in [1.29, 1.82) is 0 Å². The first-order valence-corrected chi connectivity index (χ1v) is 18.9. The molecule has 5 N–H and O–H groups in total. The van der Waals surface area contributed by atoms with E-state index >= 15 is 0 Å². The van der Waals surface area contributed by atoms with Crippen molar-refractivity contribution in [1.82, 2.24) is 40.8 Å². The smallest absolute Gasteiger partial charge is 0.407 e. The molecule has 298 valence electrons. The highest BCUT2D eigenvalue weighted by atomic mass is 16.5. The van der Waals surface area contributed by atoms with Gasteiger partial charge in [0.1, 0.15) is 23.7 Å². The number of imidazole rings is 2. The second-order valence-electron chi connectivity index (χ2n) is 13.9. The second kappa shape index (κ2) is 20.1. The molecule has 0 saturated heterocycles. The molecule has 15 heteroatoms. The van der Waals surface area contributed by atoms with Gasteiger partial charge in [0.25, 0.3) is 0 Å². The molecule has 3 unspecified atom stereocenters. The van der Waals surface area contributed by atoms with Gasteiger partial charge < -0.3 is 45.0 Å². The number of carbonyl (C=O) groups excluding carboxylic acids is 4. The number of hydrogen-bond acceptors (Lipinski definition) is 9. The molecule has 0 saturated carbocycles. The predicted molar refractivity (Wildman–Crippen MR) is 211 cm³/mol. The lowest BCUT2D eigenvalue weighted by Crippen LogP contribution is -2.51. The van der Waals surface area contributed by atoms with Crippen LogP contribution >= 0.6 is 0 Å². The molecule has 1 aliphatic rings. The lowest BCUT2D eigenvalue weighted by Gasteiger charge is -2.28. The lowest BCUT2D eigenvalue weighted by molar-refractivity contribution is -0.135. The number of alkyl carbamates (subject to hydrolysis) is 2. The zero-order chi connectivity index (χ0) is 40.0. The average Bonchev–Trinajstić information content (AvgIpc) is 3.89. The summed E-state index contributed by atoms with van der Waals surface area (Å²) in [5.41, 5.74) is 5.55. The topological polar surface area (TPSA) is 193 Å². The molecule has 0 bridgehead atoms. The SMILES string of the molecule is CCCN(Cc1ncc(-c2ccc(-c3ccc(-c4cnc(C5CCOC/C=C\CCC(NC(=O)OC)C(=O)N5)[nH]4)cc3)cc2)[nH]1)C(=O)C(NC(=O)OC)C(C)C. The average molecular weight is 769 g/mol. The van der Waals surface area contributed by atoms with E-state index in [1.807, 2.05) is 81.5 Å². The van der Waals surface area contributed by atoms with Crippen LogP contribution in [0.4, 0.5) is 9.59 Å². The zero-order valence-electron chi connectivity index (χ0n) is 32.6. The Morgan fingerprint density at radius 2 is 1.50 bits per heavy atom. The minimum Gasteiger partial charge on any atom is -0.453 e. The van der Waals surface area contributed by atoms with Gasteiger partial charge in [-0.15, -0.1) is 0 Å². The number of aromatic nitrogens is 4. The van der Waals surface area contributed by atoms with Gasteiger partial charge in [0, 0.05) is 13.2 Å². The molecule has 4 amide bonds. The van der Waals surface area contributed by atoms with E-state index in [4.69, 9.17) is 14.2 Å². The van der Waals surface area contributed by atoms with Gasteiger partial charge in [0.15, 0.2) is 0 Å². The van der Waals surface area contributed by atoms with Crippen LogP contribution in [0.5, 0.6) is 0 Å². The number of carbonyl (C=O) groups is 4. The molecule has 0 radical (unpaired) electrons. The van der Waals surface area contributed by atoms with Crippen LogP contribution in [0.3, 0.4) is 0 Å². The van der Waals surface area contributed by atoms with Crippen LogP contribution in [0.2, 0.25) is 0 Å². The molecule has 56 heavy (non-hydrogen) atoms. The fraction of sp³-hybridized carbons (Fsp3) is 0.415. The Kier molecular flexibility index (Phi) is 14.8. The number of nitrogens with zero attached hydrogens (tertiary/aromatic N) is 3.